The summed E-state index contributed by atoms with van der Waals surface area (Å²) >= 11 is 0. The molecule has 0 aliphatic rings. The van der Waals surface area contributed by atoms with Gasteiger partial charge in [0.1, 0.15) is 13.2 Å². The number of hydrogen-bond acceptors (Lipinski definition) is 17. The van der Waals surface area contributed by atoms with Crippen LogP contribution in [0.25, 0.3) is 0 Å². The highest BCUT2D eigenvalue weighted by Crippen LogP contribution is 1.90. The molecule has 0 aromatic rings. The van der Waals surface area contributed by atoms with Gasteiger partial charge < -0.3 is 75.8 Å². The lowest BCUT2D eigenvalue weighted by molar-refractivity contribution is -0.0257. The van der Waals surface area contributed by atoms with E-state index in [1.165, 1.54) is 0 Å². The van der Waals surface area contributed by atoms with E-state index in [0.29, 0.717) is 159 Å². The maximum atomic E-state index is 11.6. The van der Waals surface area contributed by atoms with Gasteiger partial charge in [0.15, 0.2) is 0 Å². The van der Waals surface area contributed by atoms with E-state index in [-0.39, 0.29) is 26.4 Å². The van der Waals surface area contributed by atoms with Crippen LogP contribution < -0.4 is 0 Å². The molecule has 0 atom stereocenters. The van der Waals surface area contributed by atoms with E-state index in [1.807, 2.05) is 0 Å². The highest BCUT2D eigenvalue weighted by molar-refractivity contribution is 5.59. The molecule has 0 unspecified atom stereocenters. The number of rotatable bonds is 42. The van der Waals surface area contributed by atoms with Gasteiger partial charge in [0.2, 0.25) is 0 Å². The van der Waals surface area contributed by atoms with Crippen molar-refractivity contribution in [3.05, 3.63) is 0 Å². The highest BCUT2D eigenvalue weighted by Gasteiger charge is 2.03. The SMILES string of the molecule is COCCOCCOCCOCCOCCOCCOCCOC(=O)OCCOCCOCCOCCOCCOCCOCCOC. The van der Waals surface area contributed by atoms with Gasteiger partial charge in [0.25, 0.3) is 0 Å². The Labute approximate surface area is 286 Å². The third-order valence-electron chi connectivity index (χ3n) is 5.48. The molecule has 0 aliphatic carbocycles. The smallest absolute Gasteiger partial charge is 0.432 e. The van der Waals surface area contributed by atoms with Crippen LogP contribution in [-0.4, -0.2) is 205 Å². The minimum absolute atomic E-state index is 0.0817. The van der Waals surface area contributed by atoms with Crippen molar-refractivity contribution in [3.8, 4) is 0 Å². The fourth-order valence-corrected chi connectivity index (χ4v) is 3.10. The average Bonchev–Trinajstić information content (AvgIpc) is 3.09. The van der Waals surface area contributed by atoms with Gasteiger partial charge in [0, 0.05) is 14.2 Å². The van der Waals surface area contributed by atoms with Crippen molar-refractivity contribution in [2.24, 2.45) is 0 Å². The summed E-state index contributed by atoms with van der Waals surface area (Å²) in [6.45, 7) is 12.4. The molecule has 0 saturated carbocycles. The largest absolute Gasteiger partial charge is 0.508 e. The molecule has 288 valence electrons. The van der Waals surface area contributed by atoms with Crippen LogP contribution in [0.4, 0.5) is 4.79 Å². The molecule has 0 radical (unpaired) electrons. The van der Waals surface area contributed by atoms with E-state index in [4.69, 9.17) is 75.8 Å². The Hall–Kier alpha value is -1.29. The summed E-state index contributed by atoms with van der Waals surface area (Å²) < 4.78 is 84.2. The number of methoxy groups -OCH3 is 2. The molecular weight excluding hydrogens is 644 g/mol. The number of ether oxygens (including phenoxy) is 16. The van der Waals surface area contributed by atoms with Crippen molar-refractivity contribution < 1.29 is 80.6 Å². The Morgan fingerprint density at radius 2 is 0.396 bits per heavy atom. The Morgan fingerprint density at radius 1 is 0.250 bits per heavy atom. The maximum Gasteiger partial charge on any atom is 0.508 e. The van der Waals surface area contributed by atoms with Crippen molar-refractivity contribution >= 4 is 6.16 Å². The normalized spacial score (nSPS) is 11.4. The van der Waals surface area contributed by atoms with E-state index < -0.39 is 6.16 Å². The number of carbonyl (C=O) groups excluding carboxylic acids is 1. The minimum Gasteiger partial charge on any atom is -0.432 e. The molecule has 0 fully saturated rings. The lowest BCUT2D eigenvalue weighted by atomic mass is 10.6. The quantitative estimate of drug-likeness (QED) is 0.0641. The Morgan fingerprint density at radius 3 is 0.562 bits per heavy atom. The molecule has 0 bridgehead atoms. The zero-order valence-corrected chi connectivity index (χ0v) is 29.2. The van der Waals surface area contributed by atoms with Crippen molar-refractivity contribution in [1.82, 2.24) is 0 Å². The fraction of sp³-hybridized carbons (Fsp3) is 0.968. The first-order valence-electron chi connectivity index (χ1n) is 16.5. The van der Waals surface area contributed by atoms with Crippen LogP contribution in [0.15, 0.2) is 0 Å². The molecule has 0 rings (SSSR count). The highest BCUT2D eigenvalue weighted by atomic mass is 16.7. The van der Waals surface area contributed by atoms with Gasteiger partial charge in [-0.3, -0.25) is 0 Å². The third-order valence-corrected chi connectivity index (χ3v) is 5.48. The second-order valence-corrected chi connectivity index (χ2v) is 9.28. The second-order valence-electron chi connectivity index (χ2n) is 9.28. The fourth-order valence-electron chi connectivity index (χ4n) is 3.10. The van der Waals surface area contributed by atoms with E-state index in [2.05, 4.69) is 0 Å². The Bertz CT molecular complexity index is 557. The maximum absolute atomic E-state index is 11.6. The number of hydrogen-bond donors (Lipinski definition) is 0. The molecule has 0 aromatic heterocycles. The predicted octanol–water partition coefficient (Wildman–Crippen LogP) is 0.632. The molecule has 0 aliphatic heterocycles. The molecule has 0 spiro atoms. The Balaban J connectivity index is 3.14. The van der Waals surface area contributed by atoms with Crippen LogP contribution in [-0.2, 0) is 75.8 Å². The zero-order chi connectivity index (χ0) is 34.7. The van der Waals surface area contributed by atoms with E-state index in [1.54, 1.807) is 14.2 Å². The molecular formula is C31H62O17. The predicted molar refractivity (Wildman–Crippen MR) is 171 cm³/mol. The lowest BCUT2D eigenvalue weighted by Gasteiger charge is -2.09. The van der Waals surface area contributed by atoms with Crippen LogP contribution in [0.2, 0.25) is 0 Å². The molecule has 17 nitrogen and oxygen atoms in total. The van der Waals surface area contributed by atoms with Crippen molar-refractivity contribution in [2.45, 2.75) is 0 Å². The summed E-state index contributed by atoms with van der Waals surface area (Å²) in [5.74, 6) is 0. The summed E-state index contributed by atoms with van der Waals surface area (Å²) in [5.41, 5.74) is 0. The van der Waals surface area contributed by atoms with Gasteiger partial charge in [-0.15, -0.1) is 0 Å². The second kappa shape index (κ2) is 43.7. The molecule has 17 heteroatoms. The first-order valence-corrected chi connectivity index (χ1v) is 16.5. The average molecular weight is 707 g/mol. The first-order chi connectivity index (χ1) is 23.8. The van der Waals surface area contributed by atoms with Crippen LogP contribution >= 0.6 is 0 Å². The summed E-state index contributed by atoms with van der Waals surface area (Å²) in [7, 11) is 3.27. The van der Waals surface area contributed by atoms with E-state index in [9.17, 15) is 4.79 Å². The van der Waals surface area contributed by atoms with Crippen molar-refractivity contribution in [1.29, 1.82) is 0 Å². The standard InChI is InChI=1S/C31H62O17/c1-33-3-5-35-7-9-37-11-13-39-15-17-41-19-21-43-23-25-45-27-29-47-31(32)48-30-28-46-26-24-44-22-20-42-18-16-40-14-12-38-10-8-36-6-4-34-2/h3-30H2,1-2H3. The first kappa shape index (κ1) is 46.7. The summed E-state index contributed by atoms with van der Waals surface area (Å²) in [4.78, 5) is 11.6. The third kappa shape index (κ3) is 42.7. The molecule has 0 N–H and O–H groups in total. The topological polar surface area (TPSA) is 165 Å². The van der Waals surface area contributed by atoms with E-state index >= 15 is 0 Å². The number of carbonyl (C=O) groups is 1. The molecule has 0 heterocycles. The van der Waals surface area contributed by atoms with Crippen molar-refractivity contribution in [2.75, 3.05) is 199 Å². The van der Waals surface area contributed by atoms with Gasteiger partial charge in [-0.05, 0) is 0 Å². The molecule has 0 saturated heterocycles. The van der Waals surface area contributed by atoms with E-state index in [0.717, 1.165) is 0 Å². The van der Waals surface area contributed by atoms with Gasteiger partial charge in [-0.1, -0.05) is 0 Å². The molecule has 48 heavy (non-hydrogen) atoms. The van der Waals surface area contributed by atoms with Gasteiger partial charge in [-0.2, -0.15) is 0 Å². The Kier molecular flexibility index (Phi) is 42.6. The molecule has 0 amide bonds. The van der Waals surface area contributed by atoms with Gasteiger partial charge >= 0.3 is 6.16 Å². The minimum atomic E-state index is -0.774. The van der Waals surface area contributed by atoms with Crippen molar-refractivity contribution in [3.63, 3.8) is 0 Å². The van der Waals surface area contributed by atoms with Crippen LogP contribution in [0.1, 0.15) is 0 Å². The van der Waals surface area contributed by atoms with Crippen LogP contribution in [0, 0.1) is 0 Å². The van der Waals surface area contributed by atoms with Gasteiger partial charge in [0.05, 0.1) is 172 Å². The van der Waals surface area contributed by atoms with Gasteiger partial charge in [-0.25, -0.2) is 4.79 Å². The lowest BCUT2D eigenvalue weighted by Crippen LogP contribution is -2.17. The summed E-state index contributed by atoms with van der Waals surface area (Å²) in [5, 5.41) is 0. The van der Waals surface area contributed by atoms with Crippen LogP contribution in [0.5, 0.6) is 0 Å². The van der Waals surface area contributed by atoms with Crippen LogP contribution in [0.3, 0.4) is 0 Å². The zero-order valence-electron chi connectivity index (χ0n) is 29.2. The summed E-state index contributed by atoms with van der Waals surface area (Å²) in [6.07, 6.45) is -0.774. The monoisotopic (exact) mass is 706 g/mol. The molecule has 0 aromatic carbocycles. The summed E-state index contributed by atoms with van der Waals surface area (Å²) in [6, 6.07) is 0.